The van der Waals surface area contributed by atoms with Gasteiger partial charge in [-0.2, -0.15) is 5.26 Å². The van der Waals surface area contributed by atoms with Gasteiger partial charge >= 0.3 is 5.97 Å². The second-order valence-electron chi connectivity index (χ2n) is 5.78. The molecule has 0 unspecified atom stereocenters. The molecule has 1 heterocycles. The Hall–Kier alpha value is -3.59. The molecule has 0 fully saturated rings. The average Bonchev–Trinajstić information content (AvgIpc) is 2.68. The van der Waals surface area contributed by atoms with Crippen LogP contribution in [0.15, 0.2) is 71.6 Å². The highest BCUT2D eigenvalue weighted by atomic mass is 19.1. The Kier molecular flexibility index (Phi) is 5.23. The van der Waals surface area contributed by atoms with Crippen molar-refractivity contribution < 1.29 is 18.7 Å². The van der Waals surface area contributed by atoms with Crippen LogP contribution in [0.4, 0.5) is 4.39 Å². The molecule has 136 valence electrons. The minimum atomic E-state index is -1.03. The third-order valence-corrected chi connectivity index (χ3v) is 4.17. The zero-order valence-electron chi connectivity index (χ0n) is 14.6. The smallest absolute Gasteiger partial charge is 0.340 e. The van der Waals surface area contributed by atoms with Gasteiger partial charge in [0.25, 0.3) is 0 Å². The van der Waals surface area contributed by atoms with E-state index < -0.39 is 17.7 Å². The van der Waals surface area contributed by atoms with Crippen LogP contribution in [0.2, 0.25) is 0 Å². The van der Waals surface area contributed by atoms with Gasteiger partial charge in [-0.15, -0.1) is 0 Å². The normalized spacial score (nSPS) is 16.6. The molecule has 5 nitrogen and oxygen atoms in total. The van der Waals surface area contributed by atoms with Gasteiger partial charge in [0.2, 0.25) is 5.88 Å². The number of carbonyl (C=O) groups excluding carboxylic acids is 1. The summed E-state index contributed by atoms with van der Waals surface area (Å²) in [5.74, 6) is -2.35. The molecule has 0 amide bonds. The van der Waals surface area contributed by atoms with Crippen molar-refractivity contribution in [3.05, 3.63) is 88.6 Å². The lowest BCUT2D eigenvalue weighted by Crippen LogP contribution is -2.27. The van der Waals surface area contributed by atoms with Crippen molar-refractivity contribution in [2.45, 2.75) is 12.8 Å². The van der Waals surface area contributed by atoms with Crippen LogP contribution in [-0.4, -0.2) is 12.6 Å². The number of nitrogens with two attached hydrogens (primary N) is 1. The van der Waals surface area contributed by atoms with E-state index in [0.717, 1.165) is 0 Å². The SMILES string of the molecule is CCOC(=O)C1=C(N)OC(c2ccccc2)=C(C#N)[C@@H]1c1ccccc1F. The summed E-state index contributed by atoms with van der Waals surface area (Å²) < 4.78 is 25.3. The number of esters is 1. The summed E-state index contributed by atoms with van der Waals surface area (Å²) in [6.07, 6.45) is 0. The number of carbonyl (C=O) groups is 1. The van der Waals surface area contributed by atoms with E-state index >= 15 is 0 Å². The molecular weight excluding hydrogens is 347 g/mol. The molecule has 0 bridgehead atoms. The number of nitrogens with zero attached hydrogens (tertiary/aromatic N) is 1. The monoisotopic (exact) mass is 364 g/mol. The van der Waals surface area contributed by atoms with Crippen LogP contribution in [0.3, 0.4) is 0 Å². The van der Waals surface area contributed by atoms with E-state index in [-0.39, 0.29) is 35.0 Å². The number of hydrogen-bond acceptors (Lipinski definition) is 5. The zero-order chi connectivity index (χ0) is 19.4. The Bertz CT molecular complexity index is 974. The maximum Gasteiger partial charge on any atom is 0.340 e. The Morgan fingerprint density at radius 3 is 2.52 bits per heavy atom. The summed E-state index contributed by atoms with van der Waals surface area (Å²) in [4.78, 5) is 12.5. The van der Waals surface area contributed by atoms with Crippen LogP contribution in [0.25, 0.3) is 5.76 Å². The predicted octanol–water partition coefficient (Wildman–Crippen LogP) is 3.61. The fraction of sp³-hybridized carbons (Fsp3) is 0.143. The molecule has 0 aliphatic carbocycles. The number of ether oxygens (including phenoxy) is 2. The maximum absolute atomic E-state index is 14.6. The van der Waals surface area contributed by atoms with Gasteiger partial charge in [-0.1, -0.05) is 48.5 Å². The lowest BCUT2D eigenvalue weighted by molar-refractivity contribution is -0.139. The number of hydrogen-bond donors (Lipinski definition) is 1. The third kappa shape index (κ3) is 3.40. The maximum atomic E-state index is 14.6. The zero-order valence-corrected chi connectivity index (χ0v) is 14.6. The van der Waals surface area contributed by atoms with Crippen LogP contribution < -0.4 is 5.73 Å². The Morgan fingerprint density at radius 2 is 1.89 bits per heavy atom. The van der Waals surface area contributed by atoms with Crippen molar-refractivity contribution in [2.24, 2.45) is 5.73 Å². The fourth-order valence-electron chi connectivity index (χ4n) is 3.00. The highest BCUT2D eigenvalue weighted by molar-refractivity contribution is 5.94. The minimum Gasteiger partial charge on any atom is -0.462 e. The Balaban J connectivity index is 2.26. The van der Waals surface area contributed by atoms with E-state index in [2.05, 4.69) is 6.07 Å². The van der Waals surface area contributed by atoms with Gasteiger partial charge in [0, 0.05) is 11.1 Å². The van der Waals surface area contributed by atoms with Gasteiger partial charge in [0.15, 0.2) is 5.76 Å². The Morgan fingerprint density at radius 1 is 1.22 bits per heavy atom. The Labute approximate surface area is 156 Å². The second kappa shape index (κ2) is 7.75. The predicted molar refractivity (Wildman–Crippen MR) is 97.0 cm³/mol. The van der Waals surface area contributed by atoms with Gasteiger partial charge in [-0.25, -0.2) is 9.18 Å². The molecule has 27 heavy (non-hydrogen) atoms. The van der Waals surface area contributed by atoms with E-state index in [1.807, 2.05) is 6.07 Å². The van der Waals surface area contributed by atoms with Crippen molar-refractivity contribution in [3.63, 3.8) is 0 Å². The fourth-order valence-corrected chi connectivity index (χ4v) is 3.00. The molecular formula is C21H17FN2O3. The van der Waals surface area contributed by atoms with Crippen molar-refractivity contribution in [3.8, 4) is 6.07 Å². The van der Waals surface area contributed by atoms with Crippen LogP contribution >= 0.6 is 0 Å². The first-order chi connectivity index (χ1) is 13.1. The van der Waals surface area contributed by atoms with Crippen molar-refractivity contribution in [1.29, 1.82) is 5.26 Å². The number of rotatable bonds is 4. The molecule has 3 rings (SSSR count). The molecule has 6 heteroatoms. The molecule has 2 N–H and O–H groups in total. The van der Waals surface area contributed by atoms with E-state index in [9.17, 15) is 14.4 Å². The molecule has 2 aromatic rings. The van der Waals surface area contributed by atoms with Crippen molar-refractivity contribution >= 4 is 11.7 Å². The van der Waals surface area contributed by atoms with Crippen LogP contribution in [0, 0.1) is 17.1 Å². The summed E-state index contributed by atoms with van der Waals surface area (Å²) in [5.41, 5.74) is 6.77. The van der Waals surface area contributed by atoms with Gasteiger partial charge in [-0.05, 0) is 13.0 Å². The summed E-state index contributed by atoms with van der Waals surface area (Å²) >= 11 is 0. The molecule has 0 aromatic heterocycles. The third-order valence-electron chi connectivity index (χ3n) is 4.17. The summed E-state index contributed by atoms with van der Waals surface area (Å²) in [7, 11) is 0. The number of halogens is 1. The van der Waals surface area contributed by atoms with E-state index in [1.54, 1.807) is 37.3 Å². The number of benzene rings is 2. The summed E-state index contributed by atoms with van der Waals surface area (Å²) in [5, 5.41) is 9.84. The van der Waals surface area contributed by atoms with Gasteiger partial charge in [0.1, 0.15) is 11.4 Å². The average molecular weight is 364 g/mol. The van der Waals surface area contributed by atoms with E-state index in [4.69, 9.17) is 15.2 Å². The van der Waals surface area contributed by atoms with E-state index in [0.29, 0.717) is 5.56 Å². The molecule has 1 aliphatic rings. The van der Waals surface area contributed by atoms with Crippen LogP contribution in [0.1, 0.15) is 24.0 Å². The standard InChI is InChI=1S/C21H17FN2O3/c1-2-26-21(25)18-17(14-10-6-7-11-16(14)22)15(12-23)19(27-20(18)24)13-8-4-3-5-9-13/h3-11,17H,2,24H2,1H3/t17-/m0/s1. The number of allylic oxidation sites excluding steroid dienone is 1. The first-order valence-corrected chi connectivity index (χ1v) is 8.37. The molecule has 0 spiro atoms. The number of nitriles is 1. The second-order valence-corrected chi connectivity index (χ2v) is 5.78. The quantitative estimate of drug-likeness (QED) is 0.838. The summed E-state index contributed by atoms with van der Waals surface area (Å²) in [6, 6.07) is 16.9. The molecule has 0 saturated heterocycles. The van der Waals surface area contributed by atoms with Crippen molar-refractivity contribution in [2.75, 3.05) is 6.61 Å². The van der Waals surface area contributed by atoms with Crippen LogP contribution in [0.5, 0.6) is 0 Å². The van der Waals surface area contributed by atoms with Gasteiger partial charge in [-0.3, -0.25) is 0 Å². The van der Waals surface area contributed by atoms with Crippen molar-refractivity contribution in [1.82, 2.24) is 0 Å². The van der Waals surface area contributed by atoms with Crippen LogP contribution in [-0.2, 0) is 14.3 Å². The van der Waals surface area contributed by atoms with Gasteiger partial charge in [0.05, 0.1) is 24.2 Å². The summed E-state index contributed by atoms with van der Waals surface area (Å²) in [6.45, 7) is 1.75. The first-order valence-electron chi connectivity index (χ1n) is 8.37. The molecule has 1 atom stereocenters. The van der Waals surface area contributed by atoms with Gasteiger partial charge < -0.3 is 15.2 Å². The first kappa shape index (κ1) is 18.2. The molecule has 0 saturated carbocycles. The molecule has 2 aromatic carbocycles. The highest BCUT2D eigenvalue weighted by Gasteiger charge is 2.39. The topological polar surface area (TPSA) is 85.3 Å². The lowest BCUT2D eigenvalue weighted by Gasteiger charge is -2.28. The lowest BCUT2D eigenvalue weighted by atomic mass is 9.82. The minimum absolute atomic E-state index is 0.0850. The largest absolute Gasteiger partial charge is 0.462 e. The molecule has 0 radical (unpaired) electrons. The molecule has 1 aliphatic heterocycles. The highest BCUT2D eigenvalue weighted by Crippen LogP contribution is 2.43. The van der Waals surface area contributed by atoms with E-state index in [1.165, 1.54) is 18.2 Å².